The fourth-order valence-electron chi connectivity index (χ4n) is 5.89. The average Bonchev–Trinajstić information content (AvgIpc) is 3.12. The highest BCUT2D eigenvalue weighted by Crippen LogP contribution is 2.39. The number of phenolic OH excluding ortho intramolecular Hbond substituents is 2. The van der Waals surface area contributed by atoms with E-state index in [1.54, 1.807) is 0 Å². The van der Waals surface area contributed by atoms with Crippen LogP contribution in [-0.2, 0) is 0 Å². The summed E-state index contributed by atoms with van der Waals surface area (Å²) >= 11 is 0. The van der Waals surface area contributed by atoms with E-state index in [0.29, 0.717) is 39.3 Å². The van der Waals surface area contributed by atoms with Crippen molar-refractivity contribution in [2.75, 3.05) is 0 Å². The highest BCUT2D eigenvalue weighted by molar-refractivity contribution is 5.97. The van der Waals surface area contributed by atoms with Crippen LogP contribution < -0.4 is 4.74 Å². The minimum Gasteiger partial charge on any atom is -0.508 e. The predicted molar refractivity (Wildman–Crippen MR) is 188 cm³/mol. The van der Waals surface area contributed by atoms with E-state index < -0.39 is 6.01 Å². The summed E-state index contributed by atoms with van der Waals surface area (Å²) in [7, 11) is 0. The van der Waals surface area contributed by atoms with Crippen molar-refractivity contribution in [1.29, 1.82) is 0 Å². The molecule has 9 nitrogen and oxygen atoms in total. The first kappa shape index (κ1) is 29.4. The molecule has 2 aromatic heterocycles. The molecule has 0 aliphatic rings. The summed E-state index contributed by atoms with van der Waals surface area (Å²) in [6, 6.07) is 40.4. The van der Waals surface area contributed by atoms with E-state index in [9.17, 15) is 20.4 Å². The van der Waals surface area contributed by atoms with E-state index in [1.165, 1.54) is 12.1 Å². The highest BCUT2D eigenvalue weighted by atomic mass is 16.5. The topological polar surface area (TPSA) is 142 Å². The maximum atomic E-state index is 10.5. The molecule has 8 aromatic rings. The van der Waals surface area contributed by atoms with Gasteiger partial charge in [-0.05, 0) is 70.8 Å². The molecule has 8 rings (SSSR count). The molecule has 236 valence electrons. The van der Waals surface area contributed by atoms with Gasteiger partial charge in [0, 0.05) is 23.3 Å². The van der Waals surface area contributed by atoms with Crippen LogP contribution in [0.25, 0.3) is 66.7 Å². The second kappa shape index (κ2) is 12.0. The number of nitrogens with zero attached hydrogens (tertiary/aromatic N) is 4. The Labute approximate surface area is 279 Å². The first-order chi connectivity index (χ1) is 23.9. The lowest BCUT2D eigenvalue weighted by molar-refractivity contribution is 0.403. The molecule has 0 atom stereocenters. The van der Waals surface area contributed by atoms with Gasteiger partial charge in [0.25, 0.3) is 0 Å². The van der Waals surface area contributed by atoms with Crippen molar-refractivity contribution in [2.45, 2.75) is 0 Å². The SMILES string of the molecule is Oc1cc(O)c2nc(-c3ccc(Oc4ccc(-c5cc6c(O)nc(O)nc6cc5-c5ccccc5)cc4)cc3)c(-c3ccccc3)nc2c1. The molecule has 0 aliphatic carbocycles. The Morgan fingerprint density at radius 2 is 1.00 bits per heavy atom. The lowest BCUT2D eigenvalue weighted by Gasteiger charge is -2.14. The third-order valence-corrected chi connectivity index (χ3v) is 8.20. The van der Waals surface area contributed by atoms with Gasteiger partial charge in [0.2, 0.25) is 5.88 Å². The smallest absolute Gasteiger partial charge is 0.317 e. The fraction of sp³-hybridized carbons (Fsp3) is 0. The second-order valence-electron chi connectivity index (χ2n) is 11.4. The van der Waals surface area contributed by atoms with Gasteiger partial charge in [-0.3, -0.25) is 0 Å². The van der Waals surface area contributed by atoms with Gasteiger partial charge in [-0.2, -0.15) is 9.97 Å². The number of benzene rings is 6. The molecule has 0 radical (unpaired) electrons. The zero-order valence-corrected chi connectivity index (χ0v) is 25.7. The summed E-state index contributed by atoms with van der Waals surface area (Å²) in [5, 5.41) is 41.3. The molecule has 4 N–H and O–H groups in total. The normalized spacial score (nSPS) is 11.2. The molecule has 2 heterocycles. The number of rotatable bonds is 6. The van der Waals surface area contributed by atoms with Crippen LogP contribution in [0.2, 0.25) is 0 Å². The van der Waals surface area contributed by atoms with Crippen LogP contribution in [0.1, 0.15) is 0 Å². The lowest BCUT2D eigenvalue weighted by Crippen LogP contribution is -1.96. The van der Waals surface area contributed by atoms with Crippen LogP contribution in [0.3, 0.4) is 0 Å². The van der Waals surface area contributed by atoms with Gasteiger partial charge < -0.3 is 25.2 Å². The van der Waals surface area contributed by atoms with Crippen molar-refractivity contribution >= 4 is 21.9 Å². The summed E-state index contributed by atoms with van der Waals surface area (Å²) in [5.41, 5.74) is 7.48. The monoisotopic (exact) mass is 642 g/mol. The molecule has 6 aromatic carbocycles. The van der Waals surface area contributed by atoms with Crippen LogP contribution in [0, 0.1) is 0 Å². The number of fused-ring (bicyclic) bond motifs is 2. The van der Waals surface area contributed by atoms with Gasteiger partial charge in [0.15, 0.2) is 0 Å². The number of hydrogen-bond donors (Lipinski definition) is 4. The molecule has 0 fully saturated rings. The molecule has 0 bridgehead atoms. The highest BCUT2D eigenvalue weighted by Gasteiger charge is 2.17. The Morgan fingerprint density at radius 1 is 0.449 bits per heavy atom. The van der Waals surface area contributed by atoms with E-state index in [-0.39, 0.29) is 22.9 Å². The van der Waals surface area contributed by atoms with E-state index in [2.05, 4.69) is 9.97 Å². The third-order valence-electron chi connectivity index (χ3n) is 8.20. The summed E-state index contributed by atoms with van der Waals surface area (Å²) in [4.78, 5) is 17.4. The fourth-order valence-corrected chi connectivity index (χ4v) is 5.89. The zero-order chi connectivity index (χ0) is 33.5. The molecule has 9 heteroatoms. The average molecular weight is 643 g/mol. The summed E-state index contributed by atoms with van der Waals surface area (Å²) in [6.07, 6.45) is 0. The van der Waals surface area contributed by atoms with Crippen molar-refractivity contribution in [1.82, 2.24) is 19.9 Å². The number of hydrogen-bond acceptors (Lipinski definition) is 9. The molecule has 0 spiro atoms. The summed E-state index contributed by atoms with van der Waals surface area (Å²) in [6.45, 7) is 0. The second-order valence-corrected chi connectivity index (χ2v) is 11.4. The van der Waals surface area contributed by atoms with E-state index in [1.807, 2.05) is 121 Å². The first-order valence-corrected chi connectivity index (χ1v) is 15.4. The molecule has 49 heavy (non-hydrogen) atoms. The molecular formula is C40H26N4O5. The quantitative estimate of drug-likeness (QED) is 0.140. The third kappa shape index (κ3) is 5.66. The first-order valence-electron chi connectivity index (χ1n) is 15.4. The molecule has 0 unspecified atom stereocenters. The van der Waals surface area contributed by atoms with Crippen molar-refractivity contribution in [3.05, 3.63) is 133 Å². The largest absolute Gasteiger partial charge is 0.508 e. The maximum Gasteiger partial charge on any atom is 0.317 e. The predicted octanol–water partition coefficient (Wildman–Crippen LogP) is 8.86. The van der Waals surface area contributed by atoms with E-state index in [0.717, 1.165) is 33.4 Å². The standard InChI is InChI=1S/C40H26N4O5/c45-27-19-34-38(35(46)20-27)43-37(36(41-34)25-9-5-2-6-10-25)26-13-17-29(18-14-26)49-28-15-11-24(12-16-28)30-21-32-33(42-40(48)44-39(32)47)22-31(30)23-7-3-1-4-8-23/h1-22,45-46H,(H2,42,44,47,48). The van der Waals surface area contributed by atoms with Gasteiger partial charge >= 0.3 is 6.01 Å². The van der Waals surface area contributed by atoms with Crippen LogP contribution in [-0.4, -0.2) is 40.4 Å². The van der Waals surface area contributed by atoms with Crippen LogP contribution in [0.5, 0.6) is 34.9 Å². The van der Waals surface area contributed by atoms with Gasteiger partial charge in [-0.1, -0.05) is 72.8 Å². The van der Waals surface area contributed by atoms with Gasteiger partial charge in [-0.15, -0.1) is 0 Å². The van der Waals surface area contributed by atoms with E-state index in [4.69, 9.17) is 14.7 Å². The number of ether oxygens (including phenoxy) is 1. The van der Waals surface area contributed by atoms with Gasteiger partial charge in [-0.25, -0.2) is 9.97 Å². The minimum atomic E-state index is -0.492. The van der Waals surface area contributed by atoms with Crippen molar-refractivity contribution in [3.8, 4) is 79.7 Å². The number of phenols is 2. The molecule has 0 saturated carbocycles. The number of aromatic hydroxyl groups is 4. The Hall–Kier alpha value is -7.00. The van der Waals surface area contributed by atoms with Crippen LogP contribution in [0.15, 0.2) is 133 Å². The van der Waals surface area contributed by atoms with Crippen LogP contribution in [0.4, 0.5) is 0 Å². The van der Waals surface area contributed by atoms with Gasteiger partial charge in [0.1, 0.15) is 28.5 Å². The summed E-state index contributed by atoms with van der Waals surface area (Å²) in [5.74, 6) is 0.681. The van der Waals surface area contributed by atoms with Crippen LogP contribution >= 0.6 is 0 Å². The Morgan fingerprint density at radius 3 is 1.67 bits per heavy atom. The Bertz CT molecular complexity index is 2310. The molecule has 0 aliphatic heterocycles. The van der Waals surface area contributed by atoms with E-state index >= 15 is 0 Å². The zero-order valence-electron chi connectivity index (χ0n) is 25.7. The van der Waals surface area contributed by atoms with Crippen molar-refractivity contribution in [2.24, 2.45) is 0 Å². The summed E-state index contributed by atoms with van der Waals surface area (Å²) < 4.78 is 6.20. The van der Waals surface area contributed by atoms with Crippen molar-refractivity contribution in [3.63, 3.8) is 0 Å². The lowest BCUT2D eigenvalue weighted by atomic mass is 9.93. The molecule has 0 saturated heterocycles. The Balaban J connectivity index is 1.11. The Kier molecular flexibility index (Phi) is 7.19. The number of aromatic nitrogens is 4. The van der Waals surface area contributed by atoms with Crippen molar-refractivity contribution < 1.29 is 25.2 Å². The molecule has 0 amide bonds. The van der Waals surface area contributed by atoms with Gasteiger partial charge in [0.05, 0.1) is 27.8 Å². The maximum absolute atomic E-state index is 10.5. The minimum absolute atomic E-state index is 0.0930. The molecular weight excluding hydrogens is 616 g/mol.